The van der Waals surface area contributed by atoms with E-state index in [1.807, 2.05) is 11.8 Å². The Labute approximate surface area is 58.1 Å². The van der Waals surface area contributed by atoms with Crippen LogP contribution in [-0.2, 0) is 0 Å². The van der Waals surface area contributed by atoms with E-state index in [9.17, 15) is 0 Å². The zero-order chi connectivity index (χ0) is 6.83. The predicted molar refractivity (Wildman–Crippen MR) is 44.6 cm³/mol. The summed E-state index contributed by atoms with van der Waals surface area (Å²) in [5.74, 6) is 1.24. The van der Waals surface area contributed by atoms with Crippen molar-refractivity contribution >= 4 is 11.8 Å². The summed E-state index contributed by atoms with van der Waals surface area (Å²) in [4.78, 5) is 0. The van der Waals surface area contributed by atoms with E-state index in [2.05, 4.69) is 27.0 Å². The summed E-state index contributed by atoms with van der Waals surface area (Å²) >= 11 is 1.86. The lowest BCUT2D eigenvalue weighted by Crippen LogP contribution is -1.52. The van der Waals surface area contributed by atoms with Gasteiger partial charge in [-0.25, -0.2) is 0 Å². The first kappa shape index (κ1) is 11.2. The van der Waals surface area contributed by atoms with Gasteiger partial charge >= 0.3 is 0 Å². The van der Waals surface area contributed by atoms with Crippen LogP contribution in [0.15, 0.2) is 0 Å². The van der Waals surface area contributed by atoms with E-state index >= 15 is 0 Å². The Hall–Kier alpha value is 0.350. The molecule has 0 heterocycles. The topological polar surface area (TPSA) is 0 Å². The lowest BCUT2D eigenvalue weighted by Gasteiger charge is -1.69. The fourth-order valence-electron chi connectivity index (χ4n) is 0. The molecule has 0 fully saturated rings. The second-order valence-corrected chi connectivity index (χ2v) is 2.73. The molecule has 0 spiro atoms. The molecule has 0 saturated heterocycles. The monoisotopic (exact) mass is 134 g/mol. The highest BCUT2D eigenvalue weighted by Crippen LogP contribution is 1.83. The molecular formula is C7H18S. The molecule has 0 aromatic heterocycles. The average Bonchev–Trinajstić information content (AvgIpc) is 1.88. The van der Waals surface area contributed by atoms with E-state index in [0.717, 1.165) is 0 Å². The summed E-state index contributed by atoms with van der Waals surface area (Å²) in [6.45, 7) is 6.50. The first-order valence-electron chi connectivity index (χ1n) is 3.32. The van der Waals surface area contributed by atoms with Gasteiger partial charge in [-0.1, -0.05) is 33.6 Å². The van der Waals surface area contributed by atoms with Crippen molar-refractivity contribution in [2.24, 2.45) is 0 Å². The SMILES string of the molecule is CCCC.CCSC. The molecule has 0 bridgehead atoms. The minimum atomic E-state index is 1.24. The second kappa shape index (κ2) is 15.7. The van der Waals surface area contributed by atoms with Crippen LogP contribution in [0, 0.1) is 0 Å². The molecule has 52 valence electrons. The van der Waals surface area contributed by atoms with Crippen molar-refractivity contribution in [2.75, 3.05) is 12.0 Å². The fourth-order valence-corrected chi connectivity index (χ4v) is 0. The zero-order valence-electron chi connectivity index (χ0n) is 6.53. The molecule has 0 rings (SSSR count). The van der Waals surface area contributed by atoms with Crippen LogP contribution in [0.2, 0.25) is 0 Å². The maximum atomic E-state index is 2.18. The van der Waals surface area contributed by atoms with Crippen molar-refractivity contribution in [1.29, 1.82) is 0 Å². The van der Waals surface area contributed by atoms with E-state index in [4.69, 9.17) is 0 Å². The third kappa shape index (κ3) is 32.9. The molecule has 0 nitrogen and oxygen atoms in total. The Kier molecular flexibility index (Phi) is 21.9. The number of unbranched alkanes of at least 4 members (excludes halogenated alkanes) is 1. The Morgan fingerprint density at radius 2 is 1.25 bits per heavy atom. The van der Waals surface area contributed by atoms with Gasteiger partial charge in [-0.3, -0.25) is 0 Å². The van der Waals surface area contributed by atoms with Gasteiger partial charge in [0.1, 0.15) is 0 Å². The van der Waals surface area contributed by atoms with Crippen LogP contribution >= 0.6 is 11.8 Å². The average molecular weight is 134 g/mol. The van der Waals surface area contributed by atoms with E-state index in [1.165, 1.54) is 18.6 Å². The maximum absolute atomic E-state index is 2.18. The fraction of sp³-hybridized carbons (Fsp3) is 1.00. The van der Waals surface area contributed by atoms with Crippen LogP contribution in [0.3, 0.4) is 0 Å². The van der Waals surface area contributed by atoms with Crippen molar-refractivity contribution in [3.63, 3.8) is 0 Å². The summed E-state index contributed by atoms with van der Waals surface area (Å²) < 4.78 is 0. The highest BCUT2D eigenvalue weighted by atomic mass is 32.2. The normalized spacial score (nSPS) is 7.50. The van der Waals surface area contributed by atoms with Gasteiger partial charge in [0.2, 0.25) is 0 Å². The van der Waals surface area contributed by atoms with Crippen LogP contribution in [-0.4, -0.2) is 12.0 Å². The minimum Gasteiger partial charge on any atom is -0.166 e. The molecule has 1 heteroatoms. The summed E-state index contributed by atoms with van der Waals surface area (Å²) in [5, 5.41) is 0. The highest BCUT2D eigenvalue weighted by molar-refractivity contribution is 7.98. The van der Waals surface area contributed by atoms with Gasteiger partial charge in [-0.05, 0) is 12.0 Å². The number of hydrogen-bond acceptors (Lipinski definition) is 1. The van der Waals surface area contributed by atoms with Crippen LogP contribution < -0.4 is 0 Å². The Bertz CT molecular complexity index is 12.3. The van der Waals surface area contributed by atoms with Gasteiger partial charge in [0, 0.05) is 0 Å². The summed E-state index contributed by atoms with van der Waals surface area (Å²) in [5.41, 5.74) is 0. The van der Waals surface area contributed by atoms with E-state index in [-0.39, 0.29) is 0 Å². The van der Waals surface area contributed by atoms with Crippen LogP contribution in [0.1, 0.15) is 33.6 Å². The van der Waals surface area contributed by atoms with Gasteiger partial charge in [-0.15, -0.1) is 0 Å². The predicted octanol–water partition coefficient (Wildman–Crippen LogP) is 3.18. The molecule has 0 aliphatic rings. The summed E-state index contributed by atoms with van der Waals surface area (Å²) in [6.07, 6.45) is 4.74. The first-order chi connectivity index (χ1) is 3.83. The standard InChI is InChI=1S/C4H10.C3H8S/c2*1-3-4-2/h3-4H2,1-2H3;3H2,1-2H3. The smallest absolute Gasteiger partial charge is 0.00988 e. The van der Waals surface area contributed by atoms with Gasteiger partial charge in [0.05, 0.1) is 0 Å². The molecule has 0 unspecified atom stereocenters. The van der Waals surface area contributed by atoms with E-state index in [0.29, 0.717) is 0 Å². The summed E-state index contributed by atoms with van der Waals surface area (Å²) in [6, 6.07) is 0. The van der Waals surface area contributed by atoms with Crippen LogP contribution in [0.25, 0.3) is 0 Å². The van der Waals surface area contributed by atoms with Crippen molar-refractivity contribution in [2.45, 2.75) is 33.6 Å². The van der Waals surface area contributed by atoms with Crippen LogP contribution in [0.4, 0.5) is 0 Å². The lowest BCUT2D eigenvalue weighted by molar-refractivity contribution is 0.886. The molecule has 0 aliphatic carbocycles. The first-order valence-corrected chi connectivity index (χ1v) is 4.71. The molecule has 0 aromatic carbocycles. The van der Waals surface area contributed by atoms with Gasteiger partial charge in [0.15, 0.2) is 0 Å². The van der Waals surface area contributed by atoms with E-state index < -0.39 is 0 Å². The molecule has 0 aliphatic heterocycles. The molecule has 0 saturated carbocycles. The number of rotatable bonds is 2. The zero-order valence-corrected chi connectivity index (χ0v) is 7.35. The Morgan fingerprint density at radius 3 is 1.25 bits per heavy atom. The quantitative estimate of drug-likeness (QED) is 0.559. The van der Waals surface area contributed by atoms with Gasteiger partial charge in [-0.2, -0.15) is 11.8 Å². The third-order valence-electron chi connectivity index (χ3n) is 0.789. The Morgan fingerprint density at radius 1 is 1.00 bits per heavy atom. The molecular weight excluding hydrogens is 116 g/mol. The molecule has 0 radical (unpaired) electrons. The van der Waals surface area contributed by atoms with Crippen molar-refractivity contribution in [3.8, 4) is 0 Å². The molecule has 0 N–H and O–H groups in total. The lowest BCUT2D eigenvalue weighted by atomic mass is 10.4. The highest BCUT2D eigenvalue weighted by Gasteiger charge is 1.56. The van der Waals surface area contributed by atoms with Gasteiger partial charge in [0.25, 0.3) is 0 Å². The van der Waals surface area contributed by atoms with Gasteiger partial charge < -0.3 is 0 Å². The molecule has 0 aromatic rings. The molecule has 0 atom stereocenters. The maximum Gasteiger partial charge on any atom is -0.00988 e. The molecule has 0 amide bonds. The van der Waals surface area contributed by atoms with Crippen molar-refractivity contribution in [3.05, 3.63) is 0 Å². The van der Waals surface area contributed by atoms with Crippen molar-refractivity contribution in [1.82, 2.24) is 0 Å². The number of hydrogen-bond donors (Lipinski definition) is 0. The molecule has 8 heavy (non-hydrogen) atoms. The Balaban J connectivity index is 0. The van der Waals surface area contributed by atoms with Crippen LogP contribution in [0.5, 0.6) is 0 Å². The summed E-state index contributed by atoms with van der Waals surface area (Å²) in [7, 11) is 0. The largest absolute Gasteiger partial charge is 0.166 e. The minimum absolute atomic E-state index is 1.24. The van der Waals surface area contributed by atoms with Crippen molar-refractivity contribution < 1.29 is 0 Å². The van der Waals surface area contributed by atoms with E-state index in [1.54, 1.807) is 0 Å². The number of thioether (sulfide) groups is 1. The third-order valence-corrected chi connectivity index (χ3v) is 1.37. The second-order valence-electron chi connectivity index (χ2n) is 1.58.